The first-order valence-corrected chi connectivity index (χ1v) is 14.0. The first-order chi connectivity index (χ1) is 15.6. The summed E-state index contributed by atoms with van der Waals surface area (Å²) in [5.41, 5.74) is -1.48. The molecule has 5 nitrogen and oxygen atoms in total. The van der Waals surface area contributed by atoms with Crippen molar-refractivity contribution in [3.05, 3.63) is 0 Å². The van der Waals surface area contributed by atoms with Crippen LogP contribution in [0.2, 0.25) is 0 Å². The molecule has 0 aromatic carbocycles. The lowest BCUT2D eigenvalue weighted by Crippen LogP contribution is -2.62. The van der Waals surface area contributed by atoms with Gasteiger partial charge in [0.15, 0.2) is 0 Å². The Kier molecular flexibility index (Phi) is 5.73. The minimum absolute atomic E-state index is 0.0608. The first-order valence-electron chi connectivity index (χ1n) is 14.0. The second-order valence-electron chi connectivity index (χ2n) is 15.0. The van der Waals surface area contributed by atoms with Crippen LogP contribution in [0.5, 0.6) is 0 Å². The highest BCUT2D eigenvalue weighted by Gasteiger charge is 2.68. The fourth-order valence-electron chi connectivity index (χ4n) is 10.7. The van der Waals surface area contributed by atoms with E-state index in [2.05, 4.69) is 34.6 Å². The zero-order chi connectivity index (χ0) is 25.1. The molecule has 4 aliphatic carbocycles. The highest BCUT2D eigenvalue weighted by Crippen LogP contribution is 2.71. The fraction of sp³-hybridized carbons (Fsp3) is 1.00. The molecule has 0 amide bonds. The summed E-state index contributed by atoms with van der Waals surface area (Å²) in [6, 6.07) is 0. The standard InChI is InChI=1S/C29H50O5/c1-25(2)21-9-8-16-18(27(21,5)13-11-22(25)32)14-19(30)23-17(10-12-28(16,23)6)29(7)15-20(31)24(34-29)26(3,4)33/h16-24,30-33H,8-15H2,1-7H3/t16-,17+,18+,19-,20?,21?,22?,23+,24?,27-,28-,29+/m1/s1. The van der Waals surface area contributed by atoms with Crippen LogP contribution in [0, 0.1) is 45.8 Å². The molecular formula is C29H50O5. The van der Waals surface area contributed by atoms with Crippen molar-refractivity contribution in [3.8, 4) is 0 Å². The molecule has 4 N–H and O–H groups in total. The second-order valence-corrected chi connectivity index (χ2v) is 15.0. The van der Waals surface area contributed by atoms with Gasteiger partial charge >= 0.3 is 0 Å². The van der Waals surface area contributed by atoms with E-state index in [-0.39, 0.29) is 40.3 Å². The summed E-state index contributed by atoms with van der Waals surface area (Å²) in [7, 11) is 0. The van der Waals surface area contributed by atoms with Gasteiger partial charge < -0.3 is 25.2 Å². The van der Waals surface area contributed by atoms with E-state index in [0.29, 0.717) is 24.2 Å². The molecule has 5 fully saturated rings. The molecule has 5 aliphatic rings. The third-order valence-electron chi connectivity index (χ3n) is 12.4. The average Bonchev–Trinajstić information content (AvgIpc) is 3.24. The highest BCUT2D eigenvalue weighted by atomic mass is 16.5. The summed E-state index contributed by atoms with van der Waals surface area (Å²) in [5.74, 6) is 1.91. The van der Waals surface area contributed by atoms with Crippen LogP contribution in [0.15, 0.2) is 0 Å². The molecule has 1 heterocycles. The van der Waals surface area contributed by atoms with Crippen molar-refractivity contribution in [3.63, 3.8) is 0 Å². The molecule has 0 aromatic heterocycles. The number of rotatable bonds is 2. The normalized spacial score (nSPS) is 57.1. The number of aliphatic hydroxyl groups is 4. The second kappa shape index (κ2) is 7.66. The maximum absolute atomic E-state index is 11.8. The van der Waals surface area contributed by atoms with Crippen LogP contribution < -0.4 is 0 Å². The largest absolute Gasteiger partial charge is 0.393 e. The van der Waals surface area contributed by atoms with Gasteiger partial charge in [0, 0.05) is 6.42 Å². The summed E-state index contributed by atoms with van der Waals surface area (Å²) >= 11 is 0. The Morgan fingerprint density at radius 3 is 2.03 bits per heavy atom. The minimum atomic E-state index is -1.10. The van der Waals surface area contributed by atoms with Crippen molar-refractivity contribution in [2.45, 2.75) is 135 Å². The zero-order valence-corrected chi connectivity index (χ0v) is 22.6. The van der Waals surface area contributed by atoms with Crippen LogP contribution in [-0.2, 0) is 4.74 Å². The third kappa shape index (κ3) is 3.36. The van der Waals surface area contributed by atoms with Crippen LogP contribution in [0.1, 0.15) is 99.8 Å². The Balaban J connectivity index is 1.44. The first kappa shape index (κ1) is 25.4. The van der Waals surface area contributed by atoms with Gasteiger partial charge in [-0.1, -0.05) is 27.7 Å². The average molecular weight is 479 g/mol. The molecule has 4 saturated carbocycles. The molecule has 0 aromatic rings. The number of aliphatic hydroxyl groups excluding tert-OH is 3. The molecule has 5 rings (SSSR count). The molecule has 34 heavy (non-hydrogen) atoms. The zero-order valence-electron chi connectivity index (χ0n) is 22.6. The topological polar surface area (TPSA) is 90.2 Å². The lowest BCUT2D eigenvalue weighted by Gasteiger charge is -2.66. The Labute approximate surface area is 206 Å². The molecule has 1 saturated heterocycles. The summed E-state index contributed by atoms with van der Waals surface area (Å²) in [5, 5.41) is 44.0. The predicted molar refractivity (Wildman–Crippen MR) is 132 cm³/mol. The Hall–Kier alpha value is -0.200. The molecule has 12 atom stereocenters. The van der Waals surface area contributed by atoms with Gasteiger partial charge in [-0.15, -0.1) is 0 Å². The lowest BCUT2D eigenvalue weighted by atomic mass is 9.39. The van der Waals surface area contributed by atoms with Crippen LogP contribution in [0.25, 0.3) is 0 Å². The van der Waals surface area contributed by atoms with E-state index in [1.54, 1.807) is 13.8 Å². The fourth-order valence-corrected chi connectivity index (χ4v) is 10.7. The van der Waals surface area contributed by atoms with Gasteiger partial charge in [0.1, 0.15) is 6.10 Å². The molecule has 0 spiro atoms. The molecule has 4 unspecified atom stereocenters. The molecule has 0 radical (unpaired) electrons. The van der Waals surface area contributed by atoms with Crippen molar-refractivity contribution in [2.24, 2.45) is 45.8 Å². The number of fused-ring (bicyclic) bond motifs is 5. The van der Waals surface area contributed by atoms with Crippen molar-refractivity contribution < 1.29 is 25.2 Å². The molecule has 1 aliphatic heterocycles. The SMILES string of the molecule is CC(C)(O)C1O[C@](C)([C@H]2CC[C@@]3(C)[C@@H]2[C@H](O)C[C@H]2[C@H]3CCC3C(C)(C)C(O)CC[C@@]32C)CC1O. The number of ether oxygens (including phenoxy) is 1. The Morgan fingerprint density at radius 2 is 1.41 bits per heavy atom. The van der Waals surface area contributed by atoms with Crippen LogP contribution in [-0.4, -0.2) is 56.0 Å². The molecule has 196 valence electrons. The van der Waals surface area contributed by atoms with Crippen LogP contribution in [0.3, 0.4) is 0 Å². The van der Waals surface area contributed by atoms with E-state index in [9.17, 15) is 20.4 Å². The monoisotopic (exact) mass is 478 g/mol. The van der Waals surface area contributed by atoms with Crippen molar-refractivity contribution >= 4 is 0 Å². The van der Waals surface area contributed by atoms with Gasteiger partial charge in [0.05, 0.1) is 29.5 Å². The summed E-state index contributed by atoms with van der Waals surface area (Å²) < 4.78 is 6.49. The third-order valence-corrected chi connectivity index (χ3v) is 12.4. The molecule has 5 heteroatoms. The van der Waals surface area contributed by atoms with E-state index in [1.807, 2.05) is 0 Å². The summed E-state index contributed by atoms with van der Waals surface area (Å²) in [6.45, 7) is 15.0. The van der Waals surface area contributed by atoms with Gasteiger partial charge in [-0.05, 0) is 112 Å². The Morgan fingerprint density at radius 1 is 0.765 bits per heavy atom. The van der Waals surface area contributed by atoms with Crippen molar-refractivity contribution in [2.75, 3.05) is 0 Å². The molecule has 0 bridgehead atoms. The van der Waals surface area contributed by atoms with E-state index >= 15 is 0 Å². The number of hydrogen-bond acceptors (Lipinski definition) is 5. The van der Waals surface area contributed by atoms with Crippen molar-refractivity contribution in [1.82, 2.24) is 0 Å². The van der Waals surface area contributed by atoms with Gasteiger partial charge in [-0.2, -0.15) is 0 Å². The van der Waals surface area contributed by atoms with Gasteiger partial charge in [-0.3, -0.25) is 0 Å². The number of hydrogen-bond donors (Lipinski definition) is 4. The van der Waals surface area contributed by atoms with Crippen molar-refractivity contribution in [1.29, 1.82) is 0 Å². The molecular weight excluding hydrogens is 428 g/mol. The van der Waals surface area contributed by atoms with Gasteiger partial charge in [0.2, 0.25) is 0 Å². The van der Waals surface area contributed by atoms with Crippen LogP contribution in [0.4, 0.5) is 0 Å². The smallest absolute Gasteiger partial charge is 0.112 e. The highest BCUT2D eigenvalue weighted by molar-refractivity contribution is 5.17. The maximum atomic E-state index is 11.8. The van der Waals surface area contributed by atoms with Gasteiger partial charge in [-0.25, -0.2) is 0 Å². The van der Waals surface area contributed by atoms with Gasteiger partial charge in [0.25, 0.3) is 0 Å². The summed E-state index contributed by atoms with van der Waals surface area (Å²) in [4.78, 5) is 0. The van der Waals surface area contributed by atoms with E-state index in [4.69, 9.17) is 4.74 Å². The minimum Gasteiger partial charge on any atom is -0.393 e. The quantitative estimate of drug-likeness (QED) is 0.475. The van der Waals surface area contributed by atoms with E-state index in [0.717, 1.165) is 38.5 Å². The van der Waals surface area contributed by atoms with E-state index < -0.39 is 23.4 Å². The predicted octanol–water partition coefficient (Wildman–Crippen LogP) is 4.29. The van der Waals surface area contributed by atoms with Crippen LogP contribution >= 0.6 is 0 Å². The van der Waals surface area contributed by atoms with E-state index in [1.165, 1.54) is 6.42 Å². The Bertz CT molecular complexity index is 805. The summed E-state index contributed by atoms with van der Waals surface area (Å²) in [6.07, 6.45) is 5.84. The maximum Gasteiger partial charge on any atom is 0.112 e. The lowest BCUT2D eigenvalue weighted by molar-refractivity contribution is -0.214.